The molecule has 0 aromatic heterocycles. The van der Waals surface area contributed by atoms with E-state index < -0.39 is 0 Å². The van der Waals surface area contributed by atoms with Crippen molar-refractivity contribution in [3.8, 4) is 0 Å². The summed E-state index contributed by atoms with van der Waals surface area (Å²) in [6.45, 7) is 5.08. The van der Waals surface area contributed by atoms with Crippen LogP contribution in [0.4, 0.5) is 0 Å². The van der Waals surface area contributed by atoms with Crippen LogP contribution in [-0.2, 0) is 19.0 Å². The van der Waals surface area contributed by atoms with Crippen LogP contribution in [0.3, 0.4) is 0 Å². The van der Waals surface area contributed by atoms with Crippen molar-refractivity contribution in [3.63, 3.8) is 0 Å². The van der Waals surface area contributed by atoms with Crippen LogP contribution in [0.2, 0.25) is 0 Å². The molecule has 0 unspecified atom stereocenters. The fourth-order valence-corrected chi connectivity index (χ4v) is 1.03. The first-order valence-corrected chi connectivity index (χ1v) is 5.19. The molecule has 0 heterocycles. The van der Waals surface area contributed by atoms with E-state index in [9.17, 15) is 4.79 Å². The molecule has 0 fully saturated rings. The predicted octanol–water partition coefficient (Wildman–Crippen LogP) is 1.89. The van der Waals surface area contributed by atoms with Gasteiger partial charge < -0.3 is 14.2 Å². The molecular formula is C11H20O4. The smallest absolute Gasteiger partial charge is 0.309 e. The minimum absolute atomic E-state index is 0.214. The molecule has 0 aliphatic rings. The number of esters is 1. The lowest BCUT2D eigenvalue weighted by molar-refractivity contribution is -0.139. The Bertz CT molecular complexity index is 183. The zero-order chi connectivity index (χ0) is 11.5. The number of rotatable bonds is 8. The van der Waals surface area contributed by atoms with Crippen LogP contribution in [0.1, 0.15) is 26.7 Å². The van der Waals surface area contributed by atoms with Crippen molar-refractivity contribution in [2.24, 2.45) is 0 Å². The van der Waals surface area contributed by atoms with Gasteiger partial charge in [-0.3, -0.25) is 4.79 Å². The lowest BCUT2D eigenvalue weighted by Crippen LogP contribution is -2.16. The molecule has 0 aromatic rings. The monoisotopic (exact) mass is 216 g/mol. The Kier molecular flexibility index (Phi) is 9.11. The first-order chi connectivity index (χ1) is 7.24. The summed E-state index contributed by atoms with van der Waals surface area (Å²) >= 11 is 0. The predicted molar refractivity (Wildman–Crippen MR) is 57.4 cm³/mol. The van der Waals surface area contributed by atoms with E-state index in [2.05, 4.69) is 4.74 Å². The molecule has 0 radical (unpaired) electrons. The molecule has 0 saturated carbocycles. The minimum Gasteiger partial charge on any atom is -0.469 e. The molecule has 88 valence electrons. The average Bonchev–Trinajstić information content (AvgIpc) is 2.24. The summed E-state index contributed by atoms with van der Waals surface area (Å²) in [5.74, 6) is -0.240. The molecule has 4 heteroatoms. The molecule has 0 saturated heterocycles. The largest absolute Gasteiger partial charge is 0.469 e. The molecule has 0 aliphatic carbocycles. The van der Waals surface area contributed by atoms with Crippen LogP contribution >= 0.6 is 0 Å². The van der Waals surface area contributed by atoms with Gasteiger partial charge in [-0.1, -0.05) is 12.2 Å². The van der Waals surface area contributed by atoms with Gasteiger partial charge in [-0.25, -0.2) is 0 Å². The number of carbonyl (C=O) groups is 1. The molecule has 0 N–H and O–H groups in total. The van der Waals surface area contributed by atoms with Crippen molar-refractivity contribution in [1.29, 1.82) is 0 Å². The van der Waals surface area contributed by atoms with Gasteiger partial charge in [0.15, 0.2) is 6.29 Å². The Hall–Kier alpha value is -0.870. The number of hydrogen-bond acceptors (Lipinski definition) is 4. The molecule has 0 aliphatic heterocycles. The standard InChI is InChI=1S/C11H20O4/c1-4-14-11(15-5-2)9-7-6-8-10(12)13-3/h6-7,11H,4-5,8-9H2,1-3H3. The highest BCUT2D eigenvalue weighted by molar-refractivity contribution is 5.70. The van der Waals surface area contributed by atoms with Crippen molar-refractivity contribution in [2.45, 2.75) is 33.0 Å². The van der Waals surface area contributed by atoms with Crippen molar-refractivity contribution >= 4 is 5.97 Å². The molecule has 0 spiro atoms. The van der Waals surface area contributed by atoms with E-state index in [1.54, 1.807) is 6.08 Å². The van der Waals surface area contributed by atoms with Gasteiger partial charge in [-0.15, -0.1) is 0 Å². The average molecular weight is 216 g/mol. The molecule has 0 atom stereocenters. The maximum atomic E-state index is 10.8. The van der Waals surface area contributed by atoms with Gasteiger partial charge >= 0.3 is 5.97 Å². The molecule has 0 bridgehead atoms. The first kappa shape index (κ1) is 14.1. The van der Waals surface area contributed by atoms with Crippen molar-refractivity contribution < 1.29 is 19.0 Å². The van der Waals surface area contributed by atoms with Crippen LogP contribution in [0.15, 0.2) is 12.2 Å². The summed E-state index contributed by atoms with van der Waals surface area (Å²) in [7, 11) is 1.37. The number of hydrogen-bond donors (Lipinski definition) is 0. The molecule has 0 amide bonds. The number of carbonyl (C=O) groups excluding carboxylic acids is 1. The second-order valence-electron chi connectivity index (χ2n) is 2.83. The second-order valence-corrected chi connectivity index (χ2v) is 2.83. The van der Waals surface area contributed by atoms with Crippen molar-refractivity contribution in [1.82, 2.24) is 0 Å². The maximum Gasteiger partial charge on any atom is 0.309 e. The Balaban J connectivity index is 3.72. The van der Waals surface area contributed by atoms with E-state index in [-0.39, 0.29) is 12.3 Å². The van der Waals surface area contributed by atoms with Crippen LogP contribution in [-0.4, -0.2) is 32.6 Å². The van der Waals surface area contributed by atoms with Gasteiger partial charge in [-0.2, -0.15) is 0 Å². The normalized spacial score (nSPS) is 11.2. The highest BCUT2D eigenvalue weighted by atomic mass is 16.7. The van der Waals surface area contributed by atoms with Gasteiger partial charge in [0.25, 0.3) is 0 Å². The third-order valence-electron chi connectivity index (χ3n) is 1.71. The maximum absolute atomic E-state index is 10.8. The Morgan fingerprint density at radius 1 is 1.20 bits per heavy atom. The van der Waals surface area contributed by atoms with Crippen molar-refractivity contribution in [3.05, 3.63) is 12.2 Å². The molecule has 4 nitrogen and oxygen atoms in total. The second kappa shape index (κ2) is 9.68. The van der Waals surface area contributed by atoms with E-state index in [4.69, 9.17) is 9.47 Å². The number of ether oxygens (including phenoxy) is 3. The third kappa shape index (κ3) is 8.15. The topological polar surface area (TPSA) is 44.8 Å². The first-order valence-electron chi connectivity index (χ1n) is 5.19. The lowest BCUT2D eigenvalue weighted by Gasteiger charge is -2.14. The zero-order valence-corrected chi connectivity index (χ0v) is 9.69. The van der Waals surface area contributed by atoms with Crippen LogP contribution < -0.4 is 0 Å². The SMILES string of the molecule is CCOC(CC=CCC(=O)OC)OCC. The highest BCUT2D eigenvalue weighted by Crippen LogP contribution is 2.02. The molecule has 0 rings (SSSR count). The van der Waals surface area contributed by atoms with Gasteiger partial charge in [0.1, 0.15) is 0 Å². The van der Waals surface area contributed by atoms with Crippen LogP contribution in [0.25, 0.3) is 0 Å². The highest BCUT2D eigenvalue weighted by Gasteiger charge is 2.04. The van der Waals surface area contributed by atoms with Gasteiger partial charge in [0.2, 0.25) is 0 Å². The quantitative estimate of drug-likeness (QED) is 0.353. The van der Waals surface area contributed by atoms with Crippen molar-refractivity contribution in [2.75, 3.05) is 20.3 Å². The van der Waals surface area contributed by atoms with E-state index in [1.807, 2.05) is 19.9 Å². The Morgan fingerprint density at radius 3 is 2.27 bits per heavy atom. The minimum atomic E-state index is -0.240. The van der Waals surface area contributed by atoms with Gasteiger partial charge in [-0.05, 0) is 13.8 Å². The summed E-state index contributed by atoms with van der Waals surface area (Å²) in [6, 6.07) is 0. The van der Waals surface area contributed by atoms with E-state index in [0.29, 0.717) is 26.1 Å². The van der Waals surface area contributed by atoms with Gasteiger partial charge in [0.05, 0.1) is 13.5 Å². The van der Waals surface area contributed by atoms with E-state index >= 15 is 0 Å². The van der Waals surface area contributed by atoms with E-state index in [0.717, 1.165) is 0 Å². The fourth-order valence-electron chi connectivity index (χ4n) is 1.03. The van der Waals surface area contributed by atoms with Gasteiger partial charge in [0, 0.05) is 19.6 Å². The summed E-state index contributed by atoms with van der Waals surface area (Å²) in [6.07, 6.45) is 4.36. The van der Waals surface area contributed by atoms with Crippen LogP contribution in [0, 0.1) is 0 Å². The fraction of sp³-hybridized carbons (Fsp3) is 0.727. The zero-order valence-electron chi connectivity index (χ0n) is 9.69. The Morgan fingerprint density at radius 2 is 1.80 bits per heavy atom. The van der Waals surface area contributed by atoms with Crippen LogP contribution in [0.5, 0.6) is 0 Å². The Labute approximate surface area is 91.2 Å². The molecule has 15 heavy (non-hydrogen) atoms. The molecular weight excluding hydrogens is 196 g/mol. The third-order valence-corrected chi connectivity index (χ3v) is 1.71. The summed E-state index contributed by atoms with van der Waals surface area (Å²) in [5, 5.41) is 0. The lowest BCUT2D eigenvalue weighted by atomic mass is 10.3. The molecule has 0 aromatic carbocycles. The van der Waals surface area contributed by atoms with E-state index in [1.165, 1.54) is 7.11 Å². The summed E-state index contributed by atoms with van der Waals surface area (Å²) in [4.78, 5) is 10.8. The summed E-state index contributed by atoms with van der Waals surface area (Å²) in [5.41, 5.74) is 0. The summed E-state index contributed by atoms with van der Waals surface area (Å²) < 4.78 is 15.2. The number of methoxy groups -OCH3 is 1.